The van der Waals surface area contributed by atoms with E-state index >= 15 is 0 Å². The molecule has 0 atom stereocenters. The van der Waals surface area contributed by atoms with E-state index in [-0.39, 0.29) is 12.5 Å². The first-order valence-electron chi connectivity index (χ1n) is 7.10. The highest BCUT2D eigenvalue weighted by atomic mass is 35.5. The molecule has 0 spiro atoms. The van der Waals surface area contributed by atoms with Gasteiger partial charge in [0.1, 0.15) is 0 Å². The maximum absolute atomic E-state index is 9.13. The summed E-state index contributed by atoms with van der Waals surface area (Å²) in [5.41, 5.74) is 3.23. The molecule has 0 saturated heterocycles. The molecule has 0 aliphatic carbocycles. The molecule has 2 heterocycles. The molecule has 0 bridgehead atoms. The molecule has 0 unspecified atom stereocenters. The fraction of sp³-hybridized carbons (Fsp3) is 0.176. The number of aliphatic hydroxyl groups is 1. The van der Waals surface area contributed by atoms with Gasteiger partial charge in [0.2, 0.25) is 0 Å². The number of rotatable bonds is 6. The molecule has 0 saturated carbocycles. The lowest BCUT2D eigenvalue weighted by atomic mass is 9.92. The van der Waals surface area contributed by atoms with E-state index in [0.29, 0.717) is 5.75 Å². The van der Waals surface area contributed by atoms with Crippen molar-refractivity contribution in [3.8, 4) is 0 Å². The highest BCUT2D eigenvalue weighted by Gasteiger charge is 2.24. The van der Waals surface area contributed by atoms with Crippen molar-refractivity contribution in [3.05, 3.63) is 76.8 Å². The van der Waals surface area contributed by atoms with Crippen molar-refractivity contribution in [2.45, 2.75) is 10.8 Å². The Morgan fingerprint density at radius 2 is 1.68 bits per heavy atom. The zero-order valence-electron chi connectivity index (χ0n) is 11.9. The second kappa shape index (κ2) is 7.09. The van der Waals surface area contributed by atoms with E-state index in [9.17, 15) is 0 Å². The van der Waals surface area contributed by atoms with Crippen LogP contribution in [0.1, 0.15) is 22.9 Å². The minimum atomic E-state index is 0.0138. The quantitative estimate of drug-likeness (QED) is 0.591. The monoisotopic (exact) mass is 332 g/mol. The Bertz CT molecular complexity index is 676. The molecular formula is C17H17ClN2OS. The Labute approximate surface area is 138 Å². The molecule has 114 valence electrons. The number of hydrogen-bond donors (Lipinski definition) is 3. The summed E-state index contributed by atoms with van der Waals surface area (Å²) >= 11 is 8.16. The number of aromatic amines is 2. The summed E-state index contributed by atoms with van der Waals surface area (Å²) in [6.07, 6.45) is 3.84. The van der Waals surface area contributed by atoms with Gasteiger partial charge in [-0.3, -0.25) is 0 Å². The summed E-state index contributed by atoms with van der Waals surface area (Å²) in [5, 5.41) is 9.86. The van der Waals surface area contributed by atoms with Crippen molar-refractivity contribution < 1.29 is 5.11 Å². The summed E-state index contributed by atoms with van der Waals surface area (Å²) < 4.78 is 0. The number of halogens is 1. The molecule has 22 heavy (non-hydrogen) atoms. The molecular weight excluding hydrogens is 316 g/mol. The van der Waals surface area contributed by atoms with E-state index in [2.05, 4.69) is 28.2 Å². The Balaban J connectivity index is 2.12. The van der Waals surface area contributed by atoms with Gasteiger partial charge in [-0.2, -0.15) is 0 Å². The van der Waals surface area contributed by atoms with Gasteiger partial charge in [-0.15, -0.1) is 11.8 Å². The second-order valence-corrected chi connectivity index (χ2v) is 6.45. The SMILES string of the molecule is OCCSc1cccc(Cl)c1C(c1ccc[nH]1)c1ccc[nH]1. The highest BCUT2D eigenvalue weighted by Crippen LogP contribution is 2.40. The molecule has 2 aromatic heterocycles. The zero-order chi connectivity index (χ0) is 15.4. The zero-order valence-corrected chi connectivity index (χ0v) is 13.5. The van der Waals surface area contributed by atoms with Crippen LogP contribution in [0.3, 0.4) is 0 Å². The van der Waals surface area contributed by atoms with Crippen LogP contribution in [0, 0.1) is 0 Å². The minimum absolute atomic E-state index is 0.0138. The van der Waals surface area contributed by atoms with Gasteiger partial charge >= 0.3 is 0 Å². The normalized spacial score (nSPS) is 11.2. The summed E-state index contributed by atoms with van der Waals surface area (Å²) in [4.78, 5) is 7.69. The van der Waals surface area contributed by atoms with E-state index in [1.165, 1.54) is 0 Å². The molecule has 0 radical (unpaired) electrons. The Morgan fingerprint density at radius 3 is 2.23 bits per heavy atom. The van der Waals surface area contributed by atoms with Gasteiger partial charge in [0.05, 0.1) is 12.5 Å². The van der Waals surface area contributed by atoms with Crippen molar-refractivity contribution >= 4 is 23.4 Å². The largest absolute Gasteiger partial charge is 0.396 e. The number of thioether (sulfide) groups is 1. The Morgan fingerprint density at radius 1 is 1.00 bits per heavy atom. The number of benzene rings is 1. The van der Waals surface area contributed by atoms with Gasteiger partial charge in [-0.1, -0.05) is 17.7 Å². The lowest BCUT2D eigenvalue weighted by Crippen LogP contribution is -2.07. The Kier molecular flexibility index (Phi) is 4.93. The van der Waals surface area contributed by atoms with Gasteiger partial charge in [-0.25, -0.2) is 0 Å². The van der Waals surface area contributed by atoms with Gasteiger partial charge in [0.15, 0.2) is 0 Å². The predicted molar refractivity (Wildman–Crippen MR) is 91.8 cm³/mol. The van der Waals surface area contributed by atoms with E-state index < -0.39 is 0 Å². The first-order chi connectivity index (χ1) is 10.8. The van der Waals surface area contributed by atoms with Crippen LogP contribution in [-0.2, 0) is 0 Å². The second-order valence-electron chi connectivity index (χ2n) is 4.91. The third-order valence-electron chi connectivity index (χ3n) is 3.52. The van der Waals surface area contributed by atoms with Crippen molar-refractivity contribution in [2.24, 2.45) is 0 Å². The Hall–Kier alpha value is -1.62. The summed E-state index contributed by atoms with van der Waals surface area (Å²) in [5.74, 6) is 0.662. The van der Waals surface area contributed by atoms with Crippen LogP contribution >= 0.6 is 23.4 Å². The van der Waals surface area contributed by atoms with E-state index in [0.717, 1.165) is 26.9 Å². The molecule has 3 rings (SSSR count). The van der Waals surface area contributed by atoms with E-state index in [1.54, 1.807) is 11.8 Å². The number of hydrogen-bond acceptors (Lipinski definition) is 2. The van der Waals surface area contributed by atoms with Gasteiger partial charge in [-0.05, 0) is 42.0 Å². The van der Waals surface area contributed by atoms with Crippen molar-refractivity contribution in [3.63, 3.8) is 0 Å². The van der Waals surface area contributed by atoms with Gasteiger partial charge in [0.25, 0.3) is 0 Å². The first kappa shape index (κ1) is 15.3. The average Bonchev–Trinajstić information content (AvgIpc) is 3.21. The third kappa shape index (κ3) is 3.09. The molecule has 1 aromatic carbocycles. The van der Waals surface area contributed by atoms with Crippen LogP contribution in [0.15, 0.2) is 59.8 Å². The van der Waals surface area contributed by atoms with E-state index in [1.807, 2.05) is 36.7 Å². The molecule has 5 heteroatoms. The number of H-pyrrole nitrogens is 2. The molecule has 0 aliphatic heterocycles. The number of aromatic nitrogens is 2. The third-order valence-corrected chi connectivity index (χ3v) is 4.90. The minimum Gasteiger partial charge on any atom is -0.396 e. The molecule has 3 N–H and O–H groups in total. The fourth-order valence-corrected chi connectivity index (χ4v) is 3.81. The molecule has 3 aromatic rings. The first-order valence-corrected chi connectivity index (χ1v) is 8.46. The van der Waals surface area contributed by atoms with Crippen molar-refractivity contribution in [2.75, 3.05) is 12.4 Å². The van der Waals surface area contributed by atoms with Crippen LogP contribution in [0.2, 0.25) is 5.02 Å². The van der Waals surface area contributed by atoms with Crippen LogP contribution in [0.25, 0.3) is 0 Å². The van der Waals surface area contributed by atoms with Crippen LogP contribution in [0.5, 0.6) is 0 Å². The summed E-state index contributed by atoms with van der Waals surface area (Å²) in [7, 11) is 0. The number of nitrogens with one attached hydrogen (secondary N) is 2. The number of aliphatic hydroxyl groups excluding tert-OH is 1. The lowest BCUT2D eigenvalue weighted by molar-refractivity contribution is 0.322. The van der Waals surface area contributed by atoms with Gasteiger partial charge < -0.3 is 15.1 Å². The van der Waals surface area contributed by atoms with Crippen molar-refractivity contribution in [1.29, 1.82) is 0 Å². The van der Waals surface area contributed by atoms with Crippen LogP contribution in [-0.4, -0.2) is 27.4 Å². The summed E-state index contributed by atoms with van der Waals surface area (Å²) in [6, 6.07) is 14.0. The summed E-state index contributed by atoms with van der Waals surface area (Å²) in [6.45, 7) is 0.145. The van der Waals surface area contributed by atoms with Crippen molar-refractivity contribution in [1.82, 2.24) is 9.97 Å². The molecule has 0 amide bonds. The molecule has 0 aliphatic rings. The topological polar surface area (TPSA) is 51.8 Å². The standard InChI is InChI=1S/C17H17ClN2OS/c18-12-4-1-7-15(22-11-10-21)16(12)17(13-5-2-8-19-13)14-6-3-9-20-14/h1-9,17,19-21H,10-11H2. The van der Waals surface area contributed by atoms with Gasteiger partial charge in [0, 0.05) is 39.5 Å². The van der Waals surface area contributed by atoms with E-state index in [4.69, 9.17) is 16.7 Å². The lowest BCUT2D eigenvalue weighted by Gasteiger charge is -2.20. The molecule has 3 nitrogen and oxygen atoms in total. The maximum Gasteiger partial charge on any atom is 0.0667 e. The average molecular weight is 333 g/mol. The van der Waals surface area contributed by atoms with Crippen LogP contribution in [0.4, 0.5) is 0 Å². The highest BCUT2D eigenvalue weighted by molar-refractivity contribution is 7.99. The maximum atomic E-state index is 9.13. The smallest absolute Gasteiger partial charge is 0.0667 e. The fourth-order valence-electron chi connectivity index (χ4n) is 2.60. The predicted octanol–water partition coefficient (Wildman–Crippen LogP) is 4.26. The van der Waals surface area contributed by atoms with Crippen LogP contribution < -0.4 is 0 Å². The molecule has 0 fully saturated rings.